The van der Waals surface area contributed by atoms with E-state index in [4.69, 9.17) is 4.42 Å². The number of rotatable bonds is 2. The highest BCUT2D eigenvalue weighted by atomic mass is 28.3. The van der Waals surface area contributed by atoms with Crippen LogP contribution < -0.4 is 20.7 Å². The second-order valence-electron chi connectivity index (χ2n) is 8.95. The third-order valence-electron chi connectivity index (χ3n) is 7.27. The Morgan fingerprint density at radius 1 is 0.515 bits per heavy atom. The average Bonchev–Trinajstić information content (AvgIpc) is 3.40. The summed E-state index contributed by atoms with van der Waals surface area (Å²) < 4.78 is 6.79. The molecule has 0 atom stereocenters. The molecule has 7 rings (SSSR count). The predicted octanol–water partition coefficient (Wildman–Crippen LogP) is 5.25. The van der Waals surface area contributed by atoms with Gasteiger partial charge in [-0.15, -0.1) is 0 Å². The van der Waals surface area contributed by atoms with E-state index in [-0.39, 0.29) is 0 Å². The Morgan fingerprint density at radius 3 is 1.88 bits per heavy atom. The van der Waals surface area contributed by atoms with Crippen molar-refractivity contribution in [2.45, 2.75) is 6.92 Å². The Bertz CT molecular complexity index is 1620. The van der Waals surface area contributed by atoms with E-state index in [1.807, 2.05) is 0 Å². The van der Waals surface area contributed by atoms with Crippen LogP contribution in [0.4, 0.5) is 0 Å². The molecule has 2 heterocycles. The summed E-state index contributed by atoms with van der Waals surface area (Å²) in [5.41, 5.74) is 5.88. The van der Waals surface area contributed by atoms with Gasteiger partial charge in [-0.3, -0.25) is 0 Å². The highest BCUT2D eigenvalue weighted by Gasteiger charge is 2.50. The van der Waals surface area contributed by atoms with Crippen LogP contribution in [0.1, 0.15) is 5.56 Å². The largest absolute Gasteiger partial charge is 0.456 e. The Kier molecular flexibility index (Phi) is 3.85. The van der Waals surface area contributed by atoms with Gasteiger partial charge in [0.1, 0.15) is 11.2 Å². The topological polar surface area (TPSA) is 13.1 Å². The van der Waals surface area contributed by atoms with Gasteiger partial charge in [0.05, 0.1) is 0 Å². The van der Waals surface area contributed by atoms with Gasteiger partial charge in [-0.2, -0.15) is 0 Å². The Morgan fingerprint density at radius 2 is 1.15 bits per heavy atom. The van der Waals surface area contributed by atoms with E-state index in [2.05, 4.69) is 122 Å². The molecule has 0 amide bonds. The van der Waals surface area contributed by atoms with Gasteiger partial charge in [0.25, 0.3) is 0 Å². The molecule has 0 saturated carbocycles. The minimum Gasteiger partial charge on any atom is -0.456 e. The monoisotopic (exact) mass is 438 g/mol. The molecule has 0 N–H and O–H groups in total. The van der Waals surface area contributed by atoms with Crippen LogP contribution >= 0.6 is 0 Å². The molecule has 0 saturated heterocycles. The van der Waals surface area contributed by atoms with Crippen LogP contribution in [0.3, 0.4) is 0 Å². The molecule has 0 bridgehead atoms. The molecule has 156 valence electrons. The highest BCUT2D eigenvalue weighted by Crippen LogP contribution is 2.37. The van der Waals surface area contributed by atoms with Gasteiger partial charge in [0.15, 0.2) is 8.07 Å². The van der Waals surface area contributed by atoms with E-state index in [0.29, 0.717) is 0 Å². The molecule has 1 aliphatic rings. The maximum absolute atomic E-state index is 6.79. The van der Waals surface area contributed by atoms with Crippen molar-refractivity contribution in [1.29, 1.82) is 0 Å². The number of hydrogen-bond donors (Lipinski definition) is 0. The zero-order valence-electron chi connectivity index (χ0n) is 18.4. The van der Waals surface area contributed by atoms with Crippen molar-refractivity contribution in [2.75, 3.05) is 0 Å². The first-order valence-electron chi connectivity index (χ1n) is 11.5. The van der Waals surface area contributed by atoms with Crippen molar-refractivity contribution < 1.29 is 4.42 Å². The van der Waals surface area contributed by atoms with Crippen LogP contribution in [0.25, 0.3) is 33.1 Å². The summed E-state index contributed by atoms with van der Waals surface area (Å²) in [6.07, 6.45) is 0. The Balaban J connectivity index is 1.75. The first kappa shape index (κ1) is 18.7. The summed E-state index contributed by atoms with van der Waals surface area (Å²) in [5, 5.41) is 8.03. The van der Waals surface area contributed by atoms with E-state index >= 15 is 0 Å². The standard InChI is InChI=1S/C31H22OSi/c1-21-11-10-17-25-26-19-20-27-24-16-8-9-18-28(24)33(22-12-4-2-5-13-22,23-14-6-3-7-15-23)31(27)30(26)32-29(21)25/h2-20H,1H3. The summed E-state index contributed by atoms with van der Waals surface area (Å²) in [7, 11) is -2.56. The van der Waals surface area contributed by atoms with Gasteiger partial charge in [-0.05, 0) is 45.2 Å². The minimum atomic E-state index is -2.56. The van der Waals surface area contributed by atoms with Crippen LogP contribution in [-0.2, 0) is 0 Å². The Labute approximate surface area is 194 Å². The lowest BCUT2D eigenvalue weighted by Crippen LogP contribution is -2.72. The lowest BCUT2D eigenvalue weighted by molar-refractivity contribution is 0.668. The van der Waals surface area contributed by atoms with E-state index in [9.17, 15) is 0 Å². The third-order valence-corrected chi connectivity index (χ3v) is 12.2. The van der Waals surface area contributed by atoms with Crippen molar-refractivity contribution in [3.63, 3.8) is 0 Å². The van der Waals surface area contributed by atoms with Gasteiger partial charge in [0, 0.05) is 16.0 Å². The highest BCUT2D eigenvalue weighted by molar-refractivity contribution is 7.23. The first-order chi connectivity index (χ1) is 16.3. The van der Waals surface area contributed by atoms with Gasteiger partial charge >= 0.3 is 0 Å². The summed E-state index contributed by atoms with van der Waals surface area (Å²) >= 11 is 0. The van der Waals surface area contributed by atoms with Crippen LogP contribution in [0.5, 0.6) is 0 Å². The van der Waals surface area contributed by atoms with Gasteiger partial charge in [-0.1, -0.05) is 109 Å². The van der Waals surface area contributed by atoms with E-state index in [1.54, 1.807) is 0 Å². The molecule has 2 heteroatoms. The maximum Gasteiger partial charge on any atom is 0.185 e. The third kappa shape index (κ3) is 2.36. The number of fused-ring (bicyclic) bond motifs is 7. The molecule has 5 aromatic carbocycles. The fourth-order valence-corrected chi connectivity index (χ4v) is 11.2. The van der Waals surface area contributed by atoms with Crippen molar-refractivity contribution in [1.82, 2.24) is 0 Å². The van der Waals surface area contributed by atoms with Gasteiger partial charge in [-0.25, -0.2) is 0 Å². The van der Waals surface area contributed by atoms with Crippen molar-refractivity contribution in [3.8, 4) is 11.1 Å². The van der Waals surface area contributed by atoms with Crippen molar-refractivity contribution in [3.05, 3.63) is 121 Å². The normalized spacial score (nSPS) is 13.8. The molecule has 0 radical (unpaired) electrons. The van der Waals surface area contributed by atoms with Crippen LogP contribution in [0.2, 0.25) is 0 Å². The van der Waals surface area contributed by atoms with Gasteiger partial charge in [0.2, 0.25) is 0 Å². The molecule has 0 aliphatic carbocycles. The maximum atomic E-state index is 6.79. The number of para-hydroxylation sites is 1. The molecule has 1 aliphatic heterocycles. The molecular weight excluding hydrogens is 416 g/mol. The summed E-state index contributed by atoms with van der Waals surface area (Å²) in [4.78, 5) is 0. The summed E-state index contributed by atoms with van der Waals surface area (Å²) in [6.45, 7) is 2.14. The van der Waals surface area contributed by atoms with Gasteiger partial charge < -0.3 is 4.42 Å². The van der Waals surface area contributed by atoms with Crippen LogP contribution in [-0.4, -0.2) is 8.07 Å². The smallest absolute Gasteiger partial charge is 0.185 e. The number of hydrogen-bond acceptors (Lipinski definition) is 1. The fourth-order valence-electron chi connectivity index (χ4n) is 5.92. The molecular formula is C31H22OSi. The molecule has 6 aromatic rings. The number of benzene rings is 5. The van der Waals surface area contributed by atoms with Crippen LogP contribution in [0.15, 0.2) is 120 Å². The van der Waals surface area contributed by atoms with Crippen molar-refractivity contribution >= 4 is 50.8 Å². The minimum absolute atomic E-state index is 1.00. The predicted molar refractivity (Wildman–Crippen MR) is 141 cm³/mol. The van der Waals surface area contributed by atoms with E-state index in [0.717, 1.165) is 11.2 Å². The summed E-state index contributed by atoms with van der Waals surface area (Å²) in [6, 6.07) is 42.2. The zero-order valence-corrected chi connectivity index (χ0v) is 19.4. The molecule has 0 spiro atoms. The van der Waals surface area contributed by atoms with Crippen molar-refractivity contribution in [2.24, 2.45) is 0 Å². The lowest BCUT2D eigenvalue weighted by Gasteiger charge is -2.31. The number of furan rings is 1. The zero-order chi connectivity index (χ0) is 22.0. The summed E-state index contributed by atoms with van der Waals surface area (Å²) in [5.74, 6) is 0. The SMILES string of the molecule is Cc1cccc2c1oc1c3c(ccc12)-c1ccccc1[Si]3(c1ccccc1)c1ccccc1. The van der Waals surface area contributed by atoms with Crippen LogP contribution in [0, 0.1) is 6.92 Å². The van der Waals surface area contributed by atoms with E-state index in [1.165, 1.54) is 48.2 Å². The quantitative estimate of drug-likeness (QED) is 0.336. The lowest BCUT2D eigenvalue weighted by atomic mass is 10.0. The molecule has 1 aromatic heterocycles. The number of aryl methyl sites for hydroxylation is 1. The second kappa shape index (κ2) is 6.81. The molecule has 1 nitrogen and oxygen atoms in total. The fraction of sp³-hybridized carbons (Fsp3) is 0.0323. The molecule has 0 fully saturated rings. The van der Waals surface area contributed by atoms with E-state index < -0.39 is 8.07 Å². The first-order valence-corrected chi connectivity index (χ1v) is 13.5. The average molecular weight is 439 g/mol. The second-order valence-corrected chi connectivity index (χ2v) is 12.6. The molecule has 33 heavy (non-hydrogen) atoms. The Hall–Kier alpha value is -3.88. The molecule has 0 unspecified atom stereocenters.